The zero-order valence-corrected chi connectivity index (χ0v) is 14.7. The molecule has 0 aromatic carbocycles. The first kappa shape index (κ1) is 18.2. The number of piperazine rings is 1. The SMILES string of the molecule is CCN(CC)C(=O)CN1CCN(CC(=O)NC2CCCC2)CC1. The van der Waals surface area contributed by atoms with E-state index in [1.807, 2.05) is 18.7 Å². The first-order chi connectivity index (χ1) is 11.1. The van der Waals surface area contributed by atoms with Gasteiger partial charge in [-0.25, -0.2) is 0 Å². The van der Waals surface area contributed by atoms with E-state index in [2.05, 4.69) is 15.1 Å². The average Bonchev–Trinajstić information content (AvgIpc) is 3.03. The maximum absolute atomic E-state index is 12.1. The number of hydrogen-bond acceptors (Lipinski definition) is 4. The smallest absolute Gasteiger partial charge is 0.236 e. The molecule has 2 aliphatic rings. The van der Waals surface area contributed by atoms with Crippen molar-refractivity contribution in [3.05, 3.63) is 0 Å². The molecule has 6 heteroatoms. The molecule has 6 nitrogen and oxygen atoms in total. The second-order valence-corrected chi connectivity index (χ2v) is 6.67. The van der Waals surface area contributed by atoms with E-state index in [1.54, 1.807) is 0 Å². The number of nitrogens with one attached hydrogen (secondary N) is 1. The molecule has 0 bridgehead atoms. The van der Waals surface area contributed by atoms with Crippen LogP contribution in [0.4, 0.5) is 0 Å². The van der Waals surface area contributed by atoms with Crippen molar-refractivity contribution in [3.8, 4) is 0 Å². The van der Waals surface area contributed by atoms with Crippen molar-refractivity contribution in [2.75, 3.05) is 52.4 Å². The van der Waals surface area contributed by atoms with Gasteiger partial charge >= 0.3 is 0 Å². The van der Waals surface area contributed by atoms with Gasteiger partial charge in [0.15, 0.2) is 0 Å². The predicted octanol–water partition coefficient (Wildman–Crippen LogP) is 0.531. The molecule has 1 saturated carbocycles. The Kier molecular flexibility index (Phi) is 7.30. The Morgan fingerprint density at radius 3 is 2.00 bits per heavy atom. The Hall–Kier alpha value is -1.14. The largest absolute Gasteiger partial charge is 0.352 e. The van der Waals surface area contributed by atoms with Gasteiger partial charge in [0, 0.05) is 45.3 Å². The number of rotatable bonds is 7. The maximum atomic E-state index is 12.1. The Morgan fingerprint density at radius 1 is 0.957 bits per heavy atom. The average molecular weight is 324 g/mol. The van der Waals surface area contributed by atoms with Crippen LogP contribution < -0.4 is 5.32 Å². The van der Waals surface area contributed by atoms with Crippen LogP contribution in [-0.4, -0.2) is 84.9 Å². The second kappa shape index (κ2) is 9.23. The van der Waals surface area contributed by atoms with Gasteiger partial charge in [0.2, 0.25) is 11.8 Å². The third-order valence-electron chi connectivity index (χ3n) is 5.03. The van der Waals surface area contributed by atoms with Crippen molar-refractivity contribution in [3.63, 3.8) is 0 Å². The Morgan fingerprint density at radius 2 is 1.48 bits per heavy atom. The summed E-state index contributed by atoms with van der Waals surface area (Å²) in [6.45, 7) is 10.0. The lowest BCUT2D eigenvalue weighted by molar-refractivity contribution is -0.133. The van der Waals surface area contributed by atoms with Crippen LogP contribution in [0.25, 0.3) is 0 Å². The maximum Gasteiger partial charge on any atom is 0.236 e. The molecule has 1 saturated heterocycles. The fraction of sp³-hybridized carbons (Fsp3) is 0.882. The molecule has 2 rings (SSSR count). The number of likely N-dealkylation sites (N-methyl/N-ethyl adjacent to an activating group) is 1. The lowest BCUT2D eigenvalue weighted by atomic mass is 10.2. The van der Waals surface area contributed by atoms with Crippen LogP contribution in [-0.2, 0) is 9.59 Å². The Bertz CT molecular complexity index is 384. The van der Waals surface area contributed by atoms with Crippen molar-refractivity contribution >= 4 is 11.8 Å². The van der Waals surface area contributed by atoms with Gasteiger partial charge in [-0.1, -0.05) is 12.8 Å². The molecule has 0 spiro atoms. The molecule has 1 heterocycles. The third kappa shape index (κ3) is 5.77. The van der Waals surface area contributed by atoms with E-state index in [4.69, 9.17) is 0 Å². The fourth-order valence-corrected chi connectivity index (χ4v) is 3.52. The van der Waals surface area contributed by atoms with Crippen LogP contribution in [0.3, 0.4) is 0 Å². The van der Waals surface area contributed by atoms with Crippen LogP contribution in [0, 0.1) is 0 Å². The highest BCUT2D eigenvalue weighted by molar-refractivity contribution is 5.79. The molecule has 132 valence electrons. The Labute approximate surface area is 140 Å². The summed E-state index contributed by atoms with van der Waals surface area (Å²) in [7, 11) is 0. The standard InChI is InChI=1S/C17H32N4O2/c1-3-21(4-2)17(23)14-20-11-9-19(10-12-20)13-16(22)18-15-7-5-6-8-15/h15H,3-14H2,1-2H3,(H,18,22). The summed E-state index contributed by atoms with van der Waals surface area (Å²) >= 11 is 0. The molecule has 2 fully saturated rings. The molecule has 0 radical (unpaired) electrons. The molecule has 0 aromatic heterocycles. The molecular formula is C17H32N4O2. The van der Waals surface area contributed by atoms with Gasteiger partial charge in [-0.3, -0.25) is 19.4 Å². The van der Waals surface area contributed by atoms with E-state index in [-0.39, 0.29) is 11.8 Å². The topological polar surface area (TPSA) is 55.9 Å². The minimum Gasteiger partial charge on any atom is -0.352 e. The summed E-state index contributed by atoms with van der Waals surface area (Å²) in [6, 6.07) is 0.399. The van der Waals surface area contributed by atoms with Crippen molar-refractivity contribution < 1.29 is 9.59 Å². The van der Waals surface area contributed by atoms with Gasteiger partial charge in [-0.2, -0.15) is 0 Å². The molecule has 0 atom stereocenters. The number of amides is 2. The summed E-state index contributed by atoms with van der Waals surface area (Å²) in [5, 5.41) is 3.14. The van der Waals surface area contributed by atoms with Crippen LogP contribution in [0.15, 0.2) is 0 Å². The number of hydrogen-bond donors (Lipinski definition) is 1. The van der Waals surface area contributed by atoms with E-state index < -0.39 is 0 Å². The van der Waals surface area contributed by atoms with Gasteiger partial charge in [0.05, 0.1) is 13.1 Å². The van der Waals surface area contributed by atoms with Crippen LogP contribution in [0.2, 0.25) is 0 Å². The third-order valence-corrected chi connectivity index (χ3v) is 5.03. The molecule has 2 amide bonds. The molecule has 1 aliphatic heterocycles. The first-order valence-electron chi connectivity index (χ1n) is 9.14. The van der Waals surface area contributed by atoms with Gasteiger partial charge in [-0.05, 0) is 26.7 Å². The number of carbonyl (C=O) groups excluding carboxylic acids is 2. The minimum absolute atomic E-state index is 0.157. The van der Waals surface area contributed by atoms with Crippen molar-refractivity contribution in [2.45, 2.75) is 45.6 Å². The highest BCUT2D eigenvalue weighted by atomic mass is 16.2. The summed E-state index contributed by atoms with van der Waals surface area (Å²) in [4.78, 5) is 30.5. The van der Waals surface area contributed by atoms with Crippen LogP contribution >= 0.6 is 0 Å². The fourth-order valence-electron chi connectivity index (χ4n) is 3.52. The zero-order valence-electron chi connectivity index (χ0n) is 14.7. The van der Waals surface area contributed by atoms with E-state index in [0.29, 0.717) is 19.1 Å². The van der Waals surface area contributed by atoms with Crippen molar-refractivity contribution in [1.29, 1.82) is 0 Å². The normalized spacial score (nSPS) is 20.6. The summed E-state index contributed by atoms with van der Waals surface area (Å²) in [6.07, 6.45) is 4.74. The lowest BCUT2D eigenvalue weighted by Gasteiger charge is -2.35. The minimum atomic E-state index is 0.157. The van der Waals surface area contributed by atoms with Crippen LogP contribution in [0.1, 0.15) is 39.5 Å². The molecule has 0 aromatic rings. The molecule has 1 N–H and O–H groups in total. The highest BCUT2D eigenvalue weighted by Gasteiger charge is 2.23. The zero-order chi connectivity index (χ0) is 16.7. The molecule has 1 aliphatic carbocycles. The predicted molar refractivity (Wildman–Crippen MR) is 91.2 cm³/mol. The van der Waals surface area contributed by atoms with E-state index in [0.717, 1.165) is 52.1 Å². The van der Waals surface area contributed by atoms with Crippen molar-refractivity contribution in [1.82, 2.24) is 20.0 Å². The summed E-state index contributed by atoms with van der Waals surface area (Å²) in [5.74, 6) is 0.368. The summed E-state index contributed by atoms with van der Waals surface area (Å²) in [5.41, 5.74) is 0. The van der Waals surface area contributed by atoms with Gasteiger partial charge in [0.1, 0.15) is 0 Å². The first-order valence-corrected chi connectivity index (χ1v) is 9.14. The van der Waals surface area contributed by atoms with Gasteiger partial charge < -0.3 is 10.2 Å². The van der Waals surface area contributed by atoms with E-state index >= 15 is 0 Å². The van der Waals surface area contributed by atoms with Gasteiger partial charge in [0.25, 0.3) is 0 Å². The lowest BCUT2D eigenvalue weighted by Crippen LogP contribution is -2.52. The Balaban J connectivity index is 1.65. The number of nitrogens with zero attached hydrogens (tertiary/aromatic N) is 3. The van der Waals surface area contributed by atoms with E-state index in [1.165, 1.54) is 12.8 Å². The van der Waals surface area contributed by atoms with Crippen LogP contribution in [0.5, 0.6) is 0 Å². The van der Waals surface area contributed by atoms with Gasteiger partial charge in [-0.15, -0.1) is 0 Å². The monoisotopic (exact) mass is 324 g/mol. The molecule has 0 unspecified atom stereocenters. The van der Waals surface area contributed by atoms with Crippen molar-refractivity contribution in [2.24, 2.45) is 0 Å². The quantitative estimate of drug-likeness (QED) is 0.742. The molecular weight excluding hydrogens is 292 g/mol. The number of carbonyl (C=O) groups is 2. The molecule has 23 heavy (non-hydrogen) atoms. The summed E-state index contributed by atoms with van der Waals surface area (Å²) < 4.78 is 0. The highest BCUT2D eigenvalue weighted by Crippen LogP contribution is 2.17. The van der Waals surface area contributed by atoms with E-state index in [9.17, 15) is 9.59 Å². The second-order valence-electron chi connectivity index (χ2n) is 6.67.